The van der Waals surface area contributed by atoms with E-state index in [0.717, 1.165) is 18.4 Å². The van der Waals surface area contributed by atoms with E-state index in [1.807, 2.05) is 7.11 Å². The summed E-state index contributed by atoms with van der Waals surface area (Å²) in [7, 11) is 0.522. The zero-order chi connectivity index (χ0) is 18.5. The number of carbonyl (C=O) groups excluding carboxylic acids is 1. The molecule has 0 aliphatic rings. The number of unbranched alkanes of at least 4 members (excludes halogenated alkanes) is 7. The molecule has 0 saturated carbocycles. The SMILES string of the molecule is CO[Si](C)(C)CCCCCCCCCCC(=O)Cc1ccc(C)cc1. The highest BCUT2D eigenvalue weighted by Crippen LogP contribution is 2.17. The average molecular weight is 363 g/mol. The van der Waals surface area contributed by atoms with E-state index in [2.05, 4.69) is 44.3 Å². The molecule has 1 aromatic rings. The Labute approximate surface area is 156 Å². The van der Waals surface area contributed by atoms with Crippen molar-refractivity contribution in [3.8, 4) is 0 Å². The van der Waals surface area contributed by atoms with Crippen LogP contribution in [0, 0.1) is 6.92 Å². The van der Waals surface area contributed by atoms with Gasteiger partial charge < -0.3 is 4.43 Å². The van der Waals surface area contributed by atoms with Gasteiger partial charge >= 0.3 is 0 Å². The summed E-state index contributed by atoms with van der Waals surface area (Å²) in [5, 5.41) is 0. The second-order valence-electron chi connectivity index (χ2n) is 7.99. The van der Waals surface area contributed by atoms with E-state index in [9.17, 15) is 4.79 Å². The third-order valence-electron chi connectivity index (χ3n) is 5.06. The molecule has 142 valence electrons. The number of ketones is 1. The average Bonchev–Trinajstić information content (AvgIpc) is 2.58. The molecular weight excluding hydrogens is 324 g/mol. The Morgan fingerprint density at radius 2 is 1.40 bits per heavy atom. The van der Waals surface area contributed by atoms with E-state index in [4.69, 9.17) is 4.43 Å². The maximum Gasteiger partial charge on any atom is 0.186 e. The summed E-state index contributed by atoms with van der Waals surface area (Å²) in [6.07, 6.45) is 11.5. The summed E-state index contributed by atoms with van der Waals surface area (Å²) in [5.74, 6) is 0.383. The smallest absolute Gasteiger partial charge is 0.186 e. The topological polar surface area (TPSA) is 26.3 Å². The Bertz CT molecular complexity index is 479. The molecule has 0 aliphatic heterocycles. The minimum atomic E-state index is -1.34. The van der Waals surface area contributed by atoms with Crippen LogP contribution in [0.1, 0.15) is 68.9 Å². The Morgan fingerprint density at radius 3 is 1.96 bits per heavy atom. The van der Waals surface area contributed by atoms with Crippen LogP contribution in [0.15, 0.2) is 24.3 Å². The molecule has 0 unspecified atom stereocenters. The summed E-state index contributed by atoms with van der Waals surface area (Å²) < 4.78 is 5.58. The predicted octanol–water partition coefficient (Wildman–Crippen LogP) is 6.47. The van der Waals surface area contributed by atoms with Crippen LogP contribution in [0.2, 0.25) is 19.1 Å². The molecule has 0 amide bonds. The van der Waals surface area contributed by atoms with Crippen molar-refractivity contribution in [1.29, 1.82) is 0 Å². The molecule has 2 nitrogen and oxygen atoms in total. The fraction of sp³-hybridized carbons (Fsp3) is 0.682. The van der Waals surface area contributed by atoms with Gasteiger partial charge in [0, 0.05) is 20.0 Å². The molecule has 1 aromatic carbocycles. The number of rotatable bonds is 14. The van der Waals surface area contributed by atoms with Crippen LogP contribution in [0.4, 0.5) is 0 Å². The van der Waals surface area contributed by atoms with Crippen molar-refractivity contribution in [2.24, 2.45) is 0 Å². The number of benzene rings is 1. The second-order valence-corrected chi connectivity index (χ2v) is 12.4. The highest BCUT2D eigenvalue weighted by molar-refractivity contribution is 6.71. The fourth-order valence-corrected chi connectivity index (χ4v) is 4.36. The Morgan fingerprint density at radius 1 is 0.880 bits per heavy atom. The van der Waals surface area contributed by atoms with Crippen molar-refractivity contribution in [3.63, 3.8) is 0 Å². The summed E-state index contributed by atoms with van der Waals surface area (Å²) >= 11 is 0. The van der Waals surface area contributed by atoms with Crippen LogP contribution in [0.3, 0.4) is 0 Å². The van der Waals surface area contributed by atoms with Crippen molar-refractivity contribution in [3.05, 3.63) is 35.4 Å². The van der Waals surface area contributed by atoms with Crippen molar-refractivity contribution >= 4 is 14.1 Å². The summed E-state index contributed by atoms with van der Waals surface area (Å²) in [6.45, 7) is 6.67. The molecule has 0 saturated heterocycles. The van der Waals surface area contributed by atoms with Gasteiger partial charge in [0.05, 0.1) is 0 Å². The van der Waals surface area contributed by atoms with Crippen LogP contribution in [-0.2, 0) is 15.6 Å². The first-order valence-electron chi connectivity index (χ1n) is 10.1. The maximum atomic E-state index is 12.0. The first-order valence-corrected chi connectivity index (χ1v) is 13.2. The van der Waals surface area contributed by atoms with Crippen molar-refractivity contribution < 1.29 is 9.22 Å². The number of carbonyl (C=O) groups is 1. The van der Waals surface area contributed by atoms with Crippen LogP contribution >= 0.6 is 0 Å². The molecular formula is C22H38O2Si. The van der Waals surface area contributed by atoms with Gasteiger partial charge in [-0.25, -0.2) is 0 Å². The molecule has 3 heteroatoms. The van der Waals surface area contributed by atoms with E-state index < -0.39 is 8.32 Å². The minimum Gasteiger partial charge on any atom is -0.420 e. The van der Waals surface area contributed by atoms with Gasteiger partial charge in [-0.05, 0) is 38.0 Å². The lowest BCUT2D eigenvalue weighted by atomic mass is 10.0. The van der Waals surface area contributed by atoms with Gasteiger partial charge in [0.1, 0.15) is 5.78 Å². The second kappa shape index (κ2) is 12.4. The van der Waals surface area contributed by atoms with Crippen molar-refractivity contribution in [2.75, 3.05) is 7.11 Å². The van der Waals surface area contributed by atoms with Crippen LogP contribution in [0.5, 0.6) is 0 Å². The van der Waals surface area contributed by atoms with E-state index in [1.165, 1.54) is 56.6 Å². The van der Waals surface area contributed by atoms with Gasteiger partial charge in [-0.15, -0.1) is 0 Å². The van der Waals surface area contributed by atoms with Crippen molar-refractivity contribution in [2.45, 2.75) is 90.3 Å². The molecule has 0 aliphatic carbocycles. The van der Waals surface area contributed by atoms with Crippen LogP contribution in [0.25, 0.3) is 0 Å². The molecule has 0 heterocycles. The third kappa shape index (κ3) is 11.3. The zero-order valence-electron chi connectivity index (χ0n) is 16.9. The van der Waals surface area contributed by atoms with Gasteiger partial charge in [0.25, 0.3) is 0 Å². The lowest BCUT2D eigenvalue weighted by molar-refractivity contribution is -0.118. The Hall–Kier alpha value is -0.933. The fourth-order valence-electron chi connectivity index (χ4n) is 3.06. The number of Topliss-reactive ketones (excluding diaryl/α,β-unsaturated/α-hetero) is 1. The summed E-state index contributed by atoms with van der Waals surface area (Å²) in [6, 6.07) is 9.60. The molecule has 0 spiro atoms. The third-order valence-corrected chi connectivity index (χ3v) is 7.72. The molecule has 0 aromatic heterocycles. The largest absolute Gasteiger partial charge is 0.420 e. The zero-order valence-corrected chi connectivity index (χ0v) is 17.9. The normalized spacial score (nSPS) is 11.7. The monoisotopic (exact) mass is 362 g/mol. The van der Waals surface area contributed by atoms with Gasteiger partial charge in [0.15, 0.2) is 8.32 Å². The molecule has 0 bridgehead atoms. The standard InChI is InChI=1S/C22H38O2Si/c1-20-14-16-21(17-15-20)19-22(23)13-11-9-7-5-6-8-10-12-18-25(3,4)24-2/h14-17H,5-13,18-19H2,1-4H3. The van der Waals surface area contributed by atoms with Crippen molar-refractivity contribution in [1.82, 2.24) is 0 Å². The summed E-state index contributed by atoms with van der Waals surface area (Å²) in [5.41, 5.74) is 2.40. The van der Waals surface area contributed by atoms with E-state index >= 15 is 0 Å². The van der Waals surface area contributed by atoms with Gasteiger partial charge in [-0.1, -0.05) is 74.8 Å². The molecule has 0 atom stereocenters. The first kappa shape index (κ1) is 22.1. The van der Waals surface area contributed by atoms with Crippen LogP contribution < -0.4 is 0 Å². The van der Waals surface area contributed by atoms with Gasteiger partial charge in [-0.2, -0.15) is 0 Å². The minimum absolute atomic E-state index is 0.383. The van der Waals surface area contributed by atoms with E-state index in [-0.39, 0.29) is 0 Å². The van der Waals surface area contributed by atoms with E-state index in [0.29, 0.717) is 12.2 Å². The van der Waals surface area contributed by atoms with E-state index in [1.54, 1.807) is 0 Å². The predicted molar refractivity (Wildman–Crippen MR) is 111 cm³/mol. The highest BCUT2D eigenvalue weighted by atomic mass is 28.4. The molecule has 25 heavy (non-hydrogen) atoms. The molecule has 0 N–H and O–H groups in total. The molecule has 0 fully saturated rings. The summed E-state index contributed by atoms with van der Waals surface area (Å²) in [4.78, 5) is 12.0. The van der Waals surface area contributed by atoms with Gasteiger partial charge in [0.2, 0.25) is 0 Å². The highest BCUT2D eigenvalue weighted by Gasteiger charge is 2.19. The number of hydrogen-bond acceptors (Lipinski definition) is 2. The molecule has 0 radical (unpaired) electrons. The number of aryl methyl sites for hydroxylation is 1. The Balaban J connectivity index is 1.93. The quantitative estimate of drug-likeness (QED) is 0.280. The Kier molecular flexibility index (Phi) is 11.0. The molecule has 1 rings (SSSR count). The maximum absolute atomic E-state index is 12.0. The van der Waals surface area contributed by atoms with Gasteiger partial charge in [-0.3, -0.25) is 4.79 Å². The van der Waals surface area contributed by atoms with Crippen LogP contribution in [-0.4, -0.2) is 21.2 Å². The lowest BCUT2D eigenvalue weighted by Crippen LogP contribution is -2.27. The lowest BCUT2D eigenvalue weighted by Gasteiger charge is -2.19. The number of hydrogen-bond donors (Lipinski definition) is 0. The first-order chi connectivity index (χ1) is 11.9.